The summed E-state index contributed by atoms with van der Waals surface area (Å²) in [5.74, 6) is -0.827. The Morgan fingerprint density at radius 1 is 0.935 bits per heavy atom. The quantitative estimate of drug-likeness (QED) is 0.456. The van der Waals surface area contributed by atoms with Crippen LogP contribution in [0.4, 0.5) is 22.0 Å². The second-order valence-corrected chi connectivity index (χ2v) is 8.51. The van der Waals surface area contributed by atoms with Gasteiger partial charge in [-0.05, 0) is 71.6 Å². The third kappa shape index (κ3) is 4.94. The Kier molecular flexibility index (Phi) is 6.09. The maximum Gasteiger partial charge on any atom is 0.573 e. The third-order valence-corrected chi connectivity index (χ3v) is 6.50. The summed E-state index contributed by atoms with van der Waals surface area (Å²) in [6, 6.07) is 11.8. The van der Waals surface area contributed by atoms with Crippen LogP contribution >= 0.6 is 0 Å². The first-order chi connectivity index (χ1) is 14.7. The lowest BCUT2D eigenvalue weighted by molar-refractivity contribution is -0.274. The summed E-state index contributed by atoms with van der Waals surface area (Å²) < 4.78 is 70.6. The van der Waals surface area contributed by atoms with Crippen molar-refractivity contribution in [3.8, 4) is 5.75 Å². The zero-order chi connectivity index (χ0) is 22.2. The highest BCUT2D eigenvalue weighted by atomic mass is 19.4. The lowest BCUT2D eigenvalue weighted by atomic mass is 9.75. The van der Waals surface area contributed by atoms with Crippen molar-refractivity contribution in [3.05, 3.63) is 70.8 Å². The molecule has 2 aromatic carbocycles. The molecule has 0 amide bonds. The fourth-order valence-corrected chi connectivity index (χ4v) is 4.82. The van der Waals surface area contributed by atoms with Crippen LogP contribution in [-0.2, 0) is 12.8 Å². The van der Waals surface area contributed by atoms with E-state index in [1.807, 2.05) is 37.3 Å². The molecule has 1 fully saturated rings. The molecule has 1 nitrogen and oxygen atoms in total. The SMILES string of the molecule is CCC1CC(F)C(c2ccc(C3=CCc4cc(OC(F)(F)F)ccc4C3)cc2)C(F)C1. The highest BCUT2D eigenvalue weighted by Gasteiger charge is 2.38. The maximum atomic E-state index is 14.6. The Morgan fingerprint density at radius 3 is 2.23 bits per heavy atom. The number of alkyl halides is 5. The van der Waals surface area contributed by atoms with Gasteiger partial charge in [0.25, 0.3) is 0 Å². The topological polar surface area (TPSA) is 9.23 Å². The van der Waals surface area contributed by atoms with Crippen LogP contribution in [0.15, 0.2) is 48.5 Å². The molecule has 0 radical (unpaired) electrons. The minimum Gasteiger partial charge on any atom is -0.406 e. The van der Waals surface area contributed by atoms with Gasteiger partial charge in [-0.1, -0.05) is 49.8 Å². The van der Waals surface area contributed by atoms with Gasteiger partial charge in [0.15, 0.2) is 0 Å². The normalized spacial score (nSPS) is 26.2. The molecule has 31 heavy (non-hydrogen) atoms. The molecule has 4 rings (SSSR count). The third-order valence-electron chi connectivity index (χ3n) is 6.50. The van der Waals surface area contributed by atoms with Crippen LogP contribution in [-0.4, -0.2) is 18.7 Å². The van der Waals surface area contributed by atoms with Crippen LogP contribution in [0.25, 0.3) is 5.57 Å². The molecule has 0 aromatic heterocycles. The smallest absolute Gasteiger partial charge is 0.406 e. The van der Waals surface area contributed by atoms with Crippen LogP contribution in [0.5, 0.6) is 5.75 Å². The summed E-state index contributed by atoms with van der Waals surface area (Å²) in [5, 5.41) is 0. The van der Waals surface area contributed by atoms with Crippen molar-refractivity contribution < 1.29 is 26.7 Å². The fourth-order valence-electron chi connectivity index (χ4n) is 4.82. The predicted octanol–water partition coefficient (Wildman–Crippen LogP) is 7.35. The second kappa shape index (κ2) is 8.64. The van der Waals surface area contributed by atoms with Gasteiger partial charge in [0, 0.05) is 5.92 Å². The summed E-state index contributed by atoms with van der Waals surface area (Å²) in [7, 11) is 0. The minimum absolute atomic E-state index is 0.107. The van der Waals surface area contributed by atoms with Gasteiger partial charge in [0.2, 0.25) is 0 Å². The van der Waals surface area contributed by atoms with Crippen molar-refractivity contribution in [2.75, 3.05) is 0 Å². The van der Waals surface area contributed by atoms with Gasteiger partial charge in [-0.15, -0.1) is 13.2 Å². The van der Waals surface area contributed by atoms with Crippen molar-refractivity contribution in [2.45, 2.75) is 63.7 Å². The molecule has 0 N–H and O–H groups in total. The van der Waals surface area contributed by atoms with E-state index in [1.54, 1.807) is 6.07 Å². The van der Waals surface area contributed by atoms with E-state index in [0.717, 1.165) is 28.7 Å². The standard InChI is InChI=1S/C25H25F5O/c1-2-15-11-22(26)24(23(27)12-15)17-5-3-16(4-6-17)18-7-8-20-14-21(31-25(28,29)30)10-9-19(20)13-18/h3-7,9-10,14-15,22-24H,2,8,11-13H2,1H3. The number of fused-ring (bicyclic) bond motifs is 1. The van der Waals surface area contributed by atoms with Crippen LogP contribution in [0, 0.1) is 5.92 Å². The number of allylic oxidation sites excluding steroid dienone is 2. The van der Waals surface area contributed by atoms with Crippen molar-refractivity contribution in [3.63, 3.8) is 0 Å². The van der Waals surface area contributed by atoms with Gasteiger partial charge in [-0.2, -0.15) is 0 Å². The molecule has 0 spiro atoms. The van der Waals surface area contributed by atoms with Crippen LogP contribution < -0.4 is 4.74 Å². The lowest BCUT2D eigenvalue weighted by Gasteiger charge is -2.34. The van der Waals surface area contributed by atoms with Crippen molar-refractivity contribution in [1.82, 2.24) is 0 Å². The zero-order valence-corrected chi connectivity index (χ0v) is 17.3. The van der Waals surface area contributed by atoms with E-state index < -0.39 is 24.6 Å². The van der Waals surface area contributed by atoms with E-state index in [4.69, 9.17) is 0 Å². The number of hydrogen-bond acceptors (Lipinski definition) is 1. The average molecular weight is 436 g/mol. The van der Waals surface area contributed by atoms with Gasteiger partial charge >= 0.3 is 6.36 Å². The second-order valence-electron chi connectivity index (χ2n) is 8.51. The molecule has 0 saturated heterocycles. The molecule has 2 aliphatic rings. The van der Waals surface area contributed by atoms with Crippen molar-refractivity contribution >= 4 is 5.57 Å². The molecule has 1 saturated carbocycles. The first-order valence-electron chi connectivity index (χ1n) is 10.7. The molecule has 6 heteroatoms. The summed E-state index contributed by atoms with van der Waals surface area (Å²) in [5.41, 5.74) is 4.44. The van der Waals surface area contributed by atoms with E-state index in [0.29, 0.717) is 31.2 Å². The molecule has 0 bridgehead atoms. The Labute approximate surface area is 178 Å². The van der Waals surface area contributed by atoms with E-state index in [2.05, 4.69) is 4.74 Å². The van der Waals surface area contributed by atoms with E-state index in [1.165, 1.54) is 12.1 Å². The first-order valence-corrected chi connectivity index (χ1v) is 10.7. The summed E-state index contributed by atoms with van der Waals surface area (Å²) in [6.45, 7) is 1.97. The summed E-state index contributed by atoms with van der Waals surface area (Å²) in [6.07, 6.45) is -2.37. The summed E-state index contributed by atoms with van der Waals surface area (Å²) in [4.78, 5) is 0. The van der Waals surface area contributed by atoms with Gasteiger partial charge in [0.1, 0.15) is 18.1 Å². The summed E-state index contributed by atoms with van der Waals surface area (Å²) >= 11 is 0. The van der Waals surface area contributed by atoms with Crippen LogP contribution in [0.1, 0.15) is 54.4 Å². The van der Waals surface area contributed by atoms with E-state index >= 15 is 0 Å². The average Bonchev–Trinajstić information content (AvgIpc) is 2.72. The molecule has 2 aliphatic carbocycles. The molecule has 2 atom stereocenters. The molecule has 0 heterocycles. The zero-order valence-electron chi connectivity index (χ0n) is 17.3. The number of rotatable bonds is 4. The largest absolute Gasteiger partial charge is 0.573 e. The van der Waals surface area contributed by atoms with Crippen molar-refractivity contribution in [2.24, 2.45) is 5.92 Å². The Hall–Kier alpha value is -2.37. The lowest BCUT2D eigenvalue weighted by Crippen LogP contribution is -2.33. The molecular weight excluding hydrogens is 411 g/mol. The number of hydrogen-bond donors (Lipinski definition) is 0. The highest BCUT2D eigenvalue weighted by molar-refractivity contribution is 5.71. The molecule has 2 unspecified atom stereocenters. The Balaban J connectivity index is 1.47. The molecule has 0 aliphatic heterocycles. The van der Waals surface area contributed by atoms with Gasteiger partial charge in [-0.3, -0.25) is 0 Å². The molecule has 166 valence electrons. The minimum atomic E-state index is -4.71. The van der Waals surface area contributed by atoms with E-state index in [-0.39, 0.29) is 11.7 Å². The van der Waals surface area contributed by atoms with Gasteiger partial charge in [-0.25, -0.2) is 8.78 Å². The number of ether oxygens (including phenoxy) is 1. The predicted molar refractivity (Wildman–Crippen MR) is 111 cm³/mol. The molecular formula is C25H25F5O. The Morgan fingerprint density at radius 2 is 1.61 bits per heavy atom. The molecule has 2 aromatic rings. The number of halogens is 5. The maximum absolute atomic E-state index is 14.6. The highest BCUT2D eigenvalue weighted by Crippen LogP contribution is 2.41. The first kappa shape index (κ1) is 21.8. The number of benzene rings is 2. The van der Waals surface area contributed by atoms with Crippen molar-refractivity contribution in [1.29, 1.82) is 0 Å². The van der Waals surface area contributed by atoms with Crippen LogP contribution in [0.2, 0.25) is 0 Å². The van der Waals surface area contributed by atoms with Gasteiger partial charge < -0.3 is 4.74 Å². The Bertz CT molecular complexity index is 935. The van der Waals surface area contributed by atoms with E-state index in [9.17, 15) is 22.0 Å². The van der Waals surface area contributed by atoms with Gasteiger partial charge in [0.05, 0.1) is 0 Å². The van der Waals surface area contributed by atoms with Crippen LogP contribution in [0.3, 0.4) is 0 Å². The monoisotopic (exact) mass is 436 g/mol. The fraction of sp³-hybridized carbons (Fsp3) is 0.440.